The summed E-state index contributed by atoms with van der Waals surface area (Å²) in [5.41, 5.74) is 1.59. The Hall–Kier alpha value is -4.59. The summed E-state index contributed by atoms with van der Waals surface area (Å²) < 4.78 is 21.6. The van der Waals surface area contributed by atoms with Crippen molar-refractivity contribution in [3.8, 4) is 11.8 Å². The number of carboxylic acids is 1. The first-order valence-electron chi connectivity index (χ1n) is 10.8. The number of ether oxygens (including phenoxy) is 1. The Bertz CT molecular complexity index is 1480. The zero-order valence-electron chi connectivity index (χ0n) is 19.0. The van der Waals surface area contributed by atoms with E-state index in [0.29, 0.717) is 18.5 Å². The fraction of sp³-hybridized carbons (Fsp3) is 0.292. The molecule has 1 unspecified atom stereocenters. The number of nitrogens with zero attached hydrogens (tertiary/aromatic N) is 3. The molecule has 1 aliphatic rings. The summed E-state index contributed by atoms with van der Waals surface area (Å²) in [5.74, 6) is 4.49. The van der Waals surface area contributed by atoms with Crippen LogP contribution < -0.4 is 5.32 Å². The van der Waals surface area contributed by atoms with Crippen molar-refractivity contribution in [2.45, 2.75) is 45.1 Å². The van der Waals surface area contributed by atoms with Crippen LogP contribution in [0.2, 0.25) is 0 Å². The maximum atomic E-state index is 12.5. The summed E-state index contributed by atoms with van der Waals surface area (Å²) in [6, 6.07) is 7.63. The number of carbonyl (C=O) groups is 2. The molecule has 1 amide bonds. The number of anilines is 1. The molecular formula is C24H20N4O7. The summed E-state index contributed by atoms with van der Waals surface area (Å²) in [7, 11) is 0. The Kier molecular flexibility index (Phi) is 5.28. The minimum absolute atomic E-state index is 0.0160. The van der Waals surface area contributed by atoms with E-state index in [1.54, 1.807) is 13.8 Å². The highest BCUT2D eigenvalue weighted by atomic mass is 16.6. The number of nitrogens with one attached hydrogen (secondary N) is 1. The number of fused-ring (bicyclic) bond motifs is 1. The number of rotatable bonds is 5. The molecular weight excluding hydrogens is 456 g/mol. The lowest BCUT2D eigenvalue weighted by Gasteiger charge is -2.16. The quantitative estimate of drug-likeness (QED) is 0.400. The van der Waals surface area contributed by atoms with Gasteiger partial charge >= 0.3 is 17.8 Å². The highest BCUT2D eigenvalue weighted by Gasteiger charge is 2.56. The van der Waals surface area contributed by atoms with Crippen LogP contribution >= 0.6 is 0 Å². The third-order valence-corrected chi connectivity index (χ3v) is 5.83. The summed E-state index contributed by atoms with van der Waals surface area (Å²) in [5, 5.41) is 15.8. The van der Waals surface area contributed by atoms with Gasteiger partial charge in [0.05, 0.1) is 0 Å². The topological polar surface area (TPSA) is 154 Å². The molecule has 1 fully saturated rings. The van der Waals surface area contributed by atoms with Gasteiger partial charge in [-0.1, -0.05) is 29.4 Å². The smallest absolute Gasteiger partial charge is 0.412 e. The lowest BCUT2D eigenvalue weighted by atomic mass is 10.1. The van der Waals surface area contributed by atoms with Crippen molar-refractivity contribution < 1.29 is 32.8 Å². The summed E-state index contributed by atoms with van der Waals surface area (Å²) >= 11 is 0. The largest absolute Gasteiger partial charge is 0.480 e. The van der Waals surface area contributed by atoms with E-state index in [9.17, 15) is 14.7 Å². The molecule has 3 heterocycles. The van der Waals surface area contributed by atoms with Crippen molar-refractivity contribution in [3.05, 3.63) is 58.6 Å². The molecule has 4 aromatic rings. The lowest BCUT2D eigenvalue weighted by Crippen LogP contribution is -2.19. The van der Waals surface area contributed by atoms with Crippen LogP contribution in [0.4, 0.5) is 10.5 Å². The van der Waals surface area contributed by atoms with E-state index in [1.807, 2.05) is 31.2 Å². The molecule has 0 saturated heterocycles. The highest BCUT2D eigenvalue weighted by Crippen LogP contribution is 2.48. The first kappa shape index (κ1) is 22.2. The molecule has 0 aliphatic heterocycles. The molecule has 0 radical (unpaired) electrons. The Morgan fingerprint density at radius 2 is 1.94 bits per heavy atom. The highest BCUT2D eigenvalue weighted by molar-refractivity contribution is 5.87. The maximum absolute atomic E-state index is 12.5. The number of aromatic nitrogens is 3. The molecule has 2 N–H and O–H groups in total. The van der Waals surface area contributed by atoms with Crippen LogP contribution in [0.3, 0.4) is 0 Å². The molecule has 1 saturated carbocycles. The van der Waals surface area contributed by atoms with E-state index in [0.717, 1.165) is 11.1 Å². The lowest BCUT2D eigenvalue weighted by molar-refractivity contribution is -0.140. The number of oxazole rings is 2. The van der Waals surface area contributed by atoms with Crippen LogP contribution in [0.25, 0.3) is 11.4 Å². The Morgan fingerprint density at radius 1 is 1.17 bits per heavy atom. The Balaban J connectivity index is 1.30. The normalized spacial score (nSPS) is 14.7. The van der Waals surface area contributed by atoms with Crippen molar-refractivity contribution in [3.63, 3.8) is 0 Å². The van der Waals surface area contributed by atoms with Gasteiger partial charge in [0.15, 0.2) is 0 Å². The molecule has 11 heteroatoms. The number of aliphatic carboxylic acids is 1. The molecule has 1 aromatic carbocycles. The van der Waals surface area contributed by atoms with Crippen LogP contribution in [0, 0.1) is 25.7 Å². The van der Waals surface area contributed by atoms with Crippen LogP contribution in [0.15, 0.2) is 37.6 Å². The molecule has 0 spiro atoms. The second-order valence-electron chi connectivity index (χ2n) is 8.29. The van der Waals surface area contributed by atoms with Crippen LogP contribution in [0.5, 0.6) is 0 Å². The number of carboxylic acid groups (broad SMARTS) is 1. The minimum Gasteiger partial charge on any atom is -0.480 e. The van der Waals surface area contributed by atoms with Gasteiger partial charge in [-0.3, -0.25) is 10.1 Å². The SMILES string of the molecule is Cc1ccccc1C(C)OC(=O)Nc1c(C)noc1C#Cc1nc2nc(C3(C(=O)O)CC3)oc2o1. The van der Waals surface area contributed by atoms with Crippen molar-refractivity contribution in [1.82, 2.24) is 15.1 Å². The number of carbonyl (C=O) groups excluding carboxylic acids is 1. The Morgan fingerprint density at radius 3 is 2.63 bits per heavy atom. The van der Waals surface area contributed by atoms with Crippen LogP contribution in [-0.2, 0) is 14.9 Å². The van der Waals surface area contributed by atoms with E-state index >= 15 is 0 Å². The predicted molar refractivity (Wildman–Crippen MR) is 120 cm³/mol. The molecule has 3 aromatic heterocycles. The average molecular weight is 476 g/mol. The van der Waals surface area contributed by atoms with Crippen molar-refractivity contribution in [1.29, 1.82) is 0 Å². The second-order valence-corrected chi connectivity index (χ2v) is 8.29. The molecule has 1 atom stereocenters. The summed E-state index contributed by atoms with van der Waals surface area (Å²) in [6.45, 7) is 5.37. The van der Waals surface area contributed by atoms with Crippen LogP contribution in [-0.4, -0.2) is 32.3 Å². The van der Waals surface area contributed by atoms with Gasteiger partial charge in [0.1, 0.15) is 22.9 Å². The molecule has 35 heavy (non-hydrogen) atoms. The molecule has 178 valence electrons. The number of aryl methyl sites for hydroxylation is 2. The van der Waals surface area contributed by atoms with Gasteiger partial charge < -0.3 is 23.2 Å². The fourth-order valence-corrected chi connectivity index (χ4v) is 3.66. The third kappa shape index (κ3) is 4.10. The number of hydrogen-bond acceptors (Lipinski definition) is 9. The second kappa shape index (κ2) is 8.32. The first-order chi connectivity index (χ1) is 16.8. The number of hydrogen-bond donors (Lipinski definition) is 2. The monoisotopic (exact) mass is 476 g/mol. The van der Waals surface area contributed by atoms with E-state index < -0.39 is 23.6 Å². The summed E-state index contributed by atoms with van der Waals surface area (Å²) in [4.78, 5) is 32.2. The van der Waals surface area contributed by atoms with Gasteiger partial charge in [0, 0.05) is 5.92 Å². The zero-order valence-corrected chi connectivity index (χ0v) is 19.0. The van der Waals surface area contributed by atoms with Gasteiger partial charge in [-0.2, -0.15) is 9.97 Å². The third-order valence-electron chi connectivity index (χ3n) is 5.83. The van der Waals surface area contributed by atoms with E-state index in [-0.39, 0.29) is 34.7 Å². The predicted octanol–water partition coefficient (Wildman–Crippen LogP) is 4.25. The Labute approximate surface area is 198 Å². The fourth-order valence-electron chi connectivity index (χ4n) is 3.66. The van der Waals surface area contributed by atoms with Gasteiger partial charge in [-0.05, 0) is 50.7 Å². The number of benzene rings is 1. The first-order valence-corrected chi connectivity index (χ1v) is 10.8. The van der Waals surface area contributed by atoms with E-state index in [4.69, 9.17) is 18.1 Å². The van der Waals surface area contributed by atoms with Gasteiger partial charge in [-0.25, -0.2) is 4.79 Å². The number of amides is 1. The van der Waals surface area contributed by atoms with Crippen molar-refractivity contribution in [2.75, 3.05) is 5.32 Å². The standard InChI is InChI=1S/C24H20N4O7/c1-12-6-4-5-7-15(12)14(3)32-23(31)26-18-13(2)28-35-16(18)8-9-17-25-19-20(33-17)34-21(27-19)24(10-11-24)22(29)30/h4-7,14H,10-11H2,1-3H3,(H,26,31)(H,29,30). The molecule has 5 rings (SSSR count). The van der Waals surface area contributed by atoms with Gasteiger partial charge in [0.25, 0.3) is 5.89 Å². The summed E-state index contributed by atoms with van der Waals surface area (Å²) in [6.07, 6.45) is -0.259. The van der Waals surface area contributed by atoms with E-state index in [1.165, 1.54) is 0 Å². The van der Waals surface area contributed by atoms with Gasteiger partial charge in [-0.15, -0.1) is 0 Å². The molecule has 0 bridgehead atoms. The zero-order chi connectivity index (χ0) is 24.7. The van der Waals surface area contributed by atoms with Gasteiger partial charge in [0.2, 0.25) is 17.3 Å². The van der Waals surface area contributed by atoms with E-state index in [2.05, 4.69) is 32.3 Å². The average Bonchev–Trinajstić information content (AvgIpc) is 3.25. The molecule has 11 nitrogen and oxygen atoms in total. The van der Waals surface area contributed by atoms with Crippen LogP contribution in [0.1, 0.15) is 60.2 Å². The van der Waals surface area contributed by atoms with Crippen molar-refractivity contribution >= 4 is 29.2 Å². The maximum Gasteiger partial charge on any atom is 0.412 e. The minimum atomic E-state index is -1.10. The molecule has 1 aliphatic carbocycles. The van der Waals surface area contributed by atoms with Crippen molar-refractivity contribution in [2.24, 2.45) is 0 Å².